The highest BCUT2D eigenvalue weighted by Crippen LogP contribution is 2.37. The van der Waals surface area contributed by atoms with Gasteiger partial charge in [-0.2, -0.15) is 11.8 Å². The van der Waals surface area contributed by atoms with Crippen LogP contribution in [0.1, 0.15) is 26.7 Å². The van der Waals surface area contributed by atoms with Gasteiger partial charge in [-0.3, -0.25) is 15.1 Å². The smallest absolute Gasteiger partial charge is 0.253 e. The van der Waals surface area contributed by atoms with Crippen LogP contribution in [-0.4, -0.2) is 35.0 Å². The molecule has 0 aromatic rings. The number of hydrogen-bond donors (Lipinski definition) is 2. The van der Waals surface area contributed by atoms with Gasteiger partial charge in [-0.1, -0.05) is 13.8 Å². The average Bonchev–Trinajstić information content (AvgIpc) is 2.72. The average molecular weight is 227 g/mol. The SMILES string of the molecule is CCCN=C1NC(=O)C2(CCSC2C)N1. The van der Waals surface area contributed by atoms with Gasteiger partial charge in [0, 0.05) is 11.8 Å². The third-order valence-corrected chi connectivity index (χ3v) is 4.37. The van der Waals surface area contributed by atoms with Crippen LogP contribution in [0.4, 0.5) is 0 Å². The molecule has 2 heterocycles. The number of aliphatic imine (C=N–C) groups is 1. The van der Waals surface area contributed by atoms with E-state index in [9.17, 15) is 4.79 Å². The van der Waals surface area contributed by atoms with E-state index in [4.69, 9.17) is 0 Å². The molecule has 2 unspecified atom stereocenters. The van der Waals surface area contributed by atoms with E-state index in [0.717, 1.165) is 25.1 Å². The number of guanidine groups is 1. The molecule has 2 saturated heterocycles. The van der Waals surface area contributed by atoms with Crippen LogP contribution in [0.5, 0.6) is 0 Å². The molecule has 15 heavy (non-hydrogen) atoms. The maximum Gasteiger partial charge on any atom is 0.253 e. The molecule has 2 rings (SSSR count). The quantitative estimate of drug-likeness (QED) is 0.731. The van der Waals surface area contributed by atoms with Gasteiger partial charge in [-0.25, -0.2) is 0 Å². The summed E-state index contributed by atoms with van der Waals surface area (Å²) in [5.41, 5.74) is -0.392. The van der Waals surface area contributed by atoms with Crippen molar-refractivity contribution >= 4 is 23.6 Å². The van der Waals surface area contributed by atoms with Crippen LogP contribution in [0.15, 0.2) is 4.99 Å². The zero-order chi connectivity index (χ0) is 10.9. The van der Waals surface area contributed by atoms with Gasteiger partial charge in [-0.05, 0) is 18.6 Å². The molecular weight excluding hydrogens is 210 g/mol. The second kappa shape index (κ2) is 4.04. The van der Waals surface area contributed by atoms with Crippen LogP contribution in [0.25, 0.3) is 0 Å². The minimum absolute atomic E-state index is 0.0925. The van der Waals surface area contributed by atoms with Gasteiger partial charge in [0.1, 0.15) is 5.54 Å². The van der Waals surface area contributed by atoms with E-state index in [1.54, 1.807) is 0 Å². The van der Waals surface area contributed by atoms with E-state index >= 15 is 0 Å². The Morgan fingerprint density at radius 2 is 2.47 bits per heavy atom. The topological polar surface area (TPSA) is 53.5 Å². The molecule has 2 N–H and O–H groups in total. The summed E-state index contributed by atoms with van der Waals surface area (Å²) in [6, 6.07) is 0. The van der Waals surface area contributed by atoms with Crippen molar-refractivity contribution in [2.24, 2.45) is 4.99 Å². The van der Waals surface area contributed by atoms with Crippen molar-refractivity contribution in [3.63, 3.8) is 0 Å². The molecule has 0 aromatic carbocycles. The number of thioether (sulfide) groups is 1. The predicted molar refractivity (Wildman–Crippen MR) is 63.1 cm³/mol. The van der Waals surface area contributed by atoms with Gasteiger partial charge >= 0.3 is 0 Å². The van der Waals surface area contributed by atoms with Gasteiger partial charge in [0.25, 0.3) is 5.91 Å². The summed E-state index contributed by atoms with van der Waals surface area (Å²) in [6.45, 7) is 4.94. The fourth-order valence-corrected chi connectivity index (χ4v) is 3.39. The van der Waals surface area contributed by atoms with Crippen molar-refractivity contribution in [1.82, 2.24) is 10.6 Å². The maximum absolute atomic E-state index is 11.9. The summed E-state index contributed by atoms with van der Waals surface area (Å²) in [7, 11) is 0. The molecule has 0 bridgehead atoms. The van der Waals surface area contributed by atoms with E-state index in [0.29, 0.717) is 11.2 Å². The molecule has 5 heteroatoms. The monoisotopic (exact) mass is 227 g/mol. The van der Waals surface area contributed by atoms with Crippen LogP contribution in [0.2, 0.25) is 0 Å². The maximum atomic E-state index is 11.9. The Balaban J connectivity index is 2.13. The molecule has 1 spiro atoms. The van der Waals surface area contributed by atoms with Crippen molar-refractivity contribution in [2.75, 3.05) is 12.3 Å². The summed E-state index contributed by atoms with van der Waals surface area (Å²) >= 11 is 1.84. The zero-order valence-corrected chi connectivity index (χ0v) is 9.99. The largest absolute Gasteiger partial charge is 0.341 e. The molecule has 0 radical (unpaired) electrons. The Hall–Kier alpha value is -0.710. The molecule has 2 atom stereocenters. The summed E-state index contributed by atoms with van der Waals surface area (Å²) in [4.78, 5) is 16.2. The highest BCUT2D eigenvalue weighted by atomic mass is 32.2. The van der Waals surface area contributed by atoms with E-state index < -0.39 is 5.54 Å². The van der Waals surface area contributed by atoms with E-state index in [2.05, 4.69) is 29.5 Å². The second-order valence-electron chi connectivity index (χ2n) is 4.04. The molecule has 2 fully saturated rings. The van der Waals surface area contributed by atoms with Gasteiger partial charge < -0.3 is 5.32 Å². The van der Waals surface area contributed by atoms with Crippen LogP contribution >= 0.6 is 11.8 Å². The first-order valence-corrected chi connectivity index (χ1v) is 6.49. The number of nitrogens with one attached hydrogen (secondary N) is 2. The molecule has 1 amide bonds. The Morgan fingerprint density at radius 3 is 3.07 bits per heavy atom. The van der Waals surface area contributed by atoms with Gasteiger partial charge in [0.15, 0.2) is 5.96 Å². The zero-order valence-electron chi connectivity index (χ0n) is 9.17. The molecule has 0 aromatic heterocycles. The van der Waals surface area contributed by atoms with Crippen LogP contribution in [0.3, 0.4) is 0 Å². The lowest BCUT2D eigenvalue weighted by Crippen LogP contribution is -2.51. The Kier molecular flexibility index (Phi) is 2.91. The number of hydrogen-bond acceptors (Lipinski definition) is 3. The molecular formula is C10H17N3OS. The Labute approximate surface area is 94.3 Å². The van der Waals surface area contributed by atoms with Gasteiger partial charge in [-0.15, -0.1) is 0 Å². The van der Waals surface area contributed by atoms with Crippen molar-refractivity contribution in [1.29, 1.82) is 0 Å². The highest BCUT2D eigenvalue weighted by Gasteiger charge is 2.52. The molecule has 2 aliphatic heterocycles. The fraction of sp³-hybridized carbons (Fsp3) is 0.800. The minimum atomic E-state index is -0.392. The Morgan fingerprint density at radius 1 is 1.67 bits per heavy atom. The number of nitrogens with zero attached hydrogens (tertiary/aromatic N) is 1. The molecule has 0 aliphatic carbocycles. The van der Waals surface area contributed by atoms with Crippen molar-refractivity contribution in [2.45, 2.75) is 37.5 Å². The third-order valence-electron chi connectivity index (χ3n) is 3.03. The predicted octanol–water partition coefficient (Wildman–Crippen LogP) is 0.736. The number of rotatable bonds is 2. The molecule has 0 saturated carbocycles. The summed E-state index contributed by atoms with van der Waals surface area (Å²) in [6.07, 6.45) is 1.90. The number of carbonyl (C=O) groups is 1. The van der Waals surface area contributed by atoms with Crippen molar-refractivity contribution < 1.29 is 4.79 Å². The lowest BCUT2D eigenvalue weighted by Gasteiger charge is -2.24. The van der Waals surface area contributed by atoms with Crippen molar-refractivity contribution in [3.8, 4) is 0 Å². The number of amides is 1. The first-order valence-electron chi connectivity index (χ1n) is 5.45. The van der Waals surface area contributed by atoms with Crippen LogP contribution in [-0.2, 0) is 4.79 Å². The minimum Gasteiger partial charge on any atom is -0.341 e. The van der Waals surface area contributed by atoms with Crippen molar-refractivity contribution in [3.05, 3.63) is 0 Å². The highest BCUT2D eigenvalue weighted by molar-refractivity contribution is 8.00. The molecule has 84 valence electrons. The molecule has 2 aliphatic rings. The fourth-order valence-electron chi connectivity index (χ4n) is 2.03. The lowest BCUT2D eigenvalue weighted by molar-refractivity contribution is -0.123. The summed E-state index contributed by atoms with van der Waals surface area (Å²) in [5, 5.41) is 6.43. The first kappa shape index (κ1) is 10.8. The number of carbonyl (C=O) groups excluding carboxylic acids is 1. The third kappa shape index (κ3) is 1.73. The van der Waals surface area contributed by atoms with E-state index in [1.165, 1.54) is 0 Å². The second-order valence-corrected chi connectivity index (χ2v) is 5.49. The van der Waals surface area contributed by atoms with E-state index in [1.807, 2.05) is 11.8 Å². The van der Waals surface area contributed by atoms with Gasteiger partial charge in [0.05, 0.1) is 0 Å². The van der Waals surface area contributed by atoms with Crippen LogP contribution < -0.4 is 10.6 Å². The summed E-state index contributed by atoms with van der Waals surface area (Å²) in [5.74, 6) is 1.80. The molecule has 4 nitrogen and oxygen atoms in total. The Bertz CT molecular complexity index is 305. The first-order chi connectivity index (χ1) is 7.19. The summed E-state index contributed by atoms with van der Waals surface area (Å²) < 4.78 is 0. The standard InChI is InChI=1S/C10H17N3OS/c1-3-5-11-9-12-8(14)10(13-9)4-6-15-7(10)2/h7H,3-6H2,1-2H3,(H2,11,12,13,14). The van der Waals surface area contributed by atoms with Gasteiger partial charge in [0.2, 0.25) is 0 Å². The van der Waals surface area contributed by atoms with E-state index in [-0.39, 0.29) is 5.91 Å². The lowest BCUT2D eigenvalue weighted by atomic mass is 9.93. The van der Waals surface area contributed by atoms with Crippen LogP contribution in [0, 0.1) is 0 Å². The normalized spacial score (nSPS) is 37.3.